The molecule has 1 heterocycles. The first-order valence-electron chi connectivity index (χ1n) is 7.44. The Labute approximate surface area is 145 Å². The Balaban J connectivity index is 1.86. The van der Waals surface area contributed by atoms with Gasteiger partial charge in [0.2, 0.25) is 6.10 Å². The highest BCUT2D eigenvalue weighted by Crippen LogP contribution is 2.37. The van der Waals surface area contributed by atoms with Crippen molar-refractivity contribution in [1.82, 2.24) is 0 Å². The van der Waals surface area contributed by atoms with Crippen LogP contribution in [0.1, 0.15) is 11.1 Å². The van der Waals surface area contributed by atoms with Crippen molar-refractivity contribution in [3.8, 4) is 11.5 Å². The maximum atomic E-state index is 13.3. The van der Waals surface area contributed by atoms with Gasteiger partial charge < -0.3 is 4.74 Å². The summed E-state index contributed by atoms with van der Waals surface area (Å²) in [7, 11) is 0. The van der Waals surface area contributed by atoms with E-state index in [0.717, 1.165) is 18.2 Å². The fourth-order valence-electron chi connectivity index (χ4n) is 2.34. The summed E-state index contributed by atoms with van der Waals surface area (Å²) in [6, 6.07) is 9.44. The average molecular weight is 368 g/mol. The lowest BCUT2D eigenvalue weighted by molar-refractivity contribution is -0.217. The van der Waals surface area contributed by atoms with Gasteiger partial charge in [-0.1, -0.05) is 24.3 Å². The van der Waals surface area contributed by atoms with Crippen LogP contribution in [0, 0.1) is 12.7 Å². The first-order valence-corrected chi connectivity index (χ1v) is 7.44. The number of hydrogen-bond acceptors (Lipinski definition) is 4. The maximum Gasteiger partial charge on any atom is 0.430 e. The SMILES string of the molecule is Cc1ccc(F)cc1OOC(=O)C1=Cc2ccccc2OC1C(F)(F)F. The Morgan fingerprint density at radius 1 is 1.15 bits per heavy atom. The van der Waals surface area contributed by atoms with E-state index < -0.39 is 29.6 Å². The Morgan fingerprint density at radius 3 is 2.62 bits per heavy atom. The maximum absolute atomic E-state index is 13.3. The highest BCUT2D eigenvalue weighted by atomic mass is 19.4. The van der Waals surface area contributed by atoms with Crippen molar-refractivity contribution in [2.75, 3.05) is 0 Å². The normalized spacial score (nSPS) is 16.2. The van der Waals surface area contributed by atoms with Crippen molar-refractivity contribution in [3.05, 3.63) is 65.0 Å². The van der Waals surface area contributed by atoms with Crippen molar-refractivity contribution in [2.24, 2.45) is 0 Å². The summed E-state index contributed by atoms with van der Waals surface area (Å²) in [5.41, 5.74) is -0.0436. The van der Waals surface area contributed by atoms with Crippen molar-refractivity contribution >= 4 is 12.0 Å². The van der Waals surface area contributed by atoms with E-state index >= 15 is 0 Å². The zero-order valence-electron chi connectivity index (χ0n) is 13.3. The lowest BCUT2D eigenvalue weighted by Gasteiger charge is -2.27. The number of alkyl halides is 3. The molecule has 26 heavy (non-hydrogen) atoms. The number of carbonyl (C=O) groups excluding carboxylic acids is 1. The number of carbonyl (C=O) groups is 1. The first kappa shape index (κ1) is 17.8. The molecule has 0 spiro atoms. The van der Waals surface area contributed by atoms with Gasteiger partial charge in [-0.2, -0.15) is 13.2 Å². The third-order valence-electron chi connectivity index (χ3n) is 3.65. The number of hydrogen-bond donors (Lipinski definition) is 0. The van der Waals surface area contributed by atoms with Gasteiger partial charge in [-0.3, -0.25) is 4.89 Å². The molecule has 0 N–H and O–H groups in total. The van der Waals surface area contributed by atoms with Crippen LogP contribution in [-0.4, -0.2) is 18.2 Å². The van der Waals surface area contributed by atoms with Crippen LogP contribution >= 0.6 is 0 Å². The Morgan fingerprint density at radius 2 is 1.88 bits per heavy atom. The van der Waals surface area contributed by atoms with Gasteiger partial charge in [0.25, 0.3) is 0 Å². The largest absolute Gasteiger partial charge is 0.475 e. The molecule has 0 aliphatic carbocycles. The van der Waals surface area contributed by atoms with E-state index in [2.05, 4.69) is 4.89 Å². The molecule has 3 rings (SSSR count). The van der Waals surface area contributed by atoms with E-state index in [1.807, 2.05) is 0 Å². The molecule has 2 aromatic carbocycles. The standard InChI is InChI=1S/C18H12F4O4/c1-10-6-7-12(19)9-15(10)25-26-17(23)13-8-11-4-2-3-5-14(11)24-16(13)18(20,21)22/h2-9,16H,1H3. The van der Waals surface area contributed by atoms with E-state index in [1.165, 1.54) is 24.3 Å². The van der Waals surface area contributed by atoms with Crippen molar-refractivity contribution in [2.45, 2.75) is 19.2 Å². The number of benzene rings is 2. The Hall–Kier alpha value is -3.03. The third kappa shape index (κ3) is 3.63. The zero-order chi connectivity index (χ0) is 18.9. The van der Waals surface area contributed by atoms with Gasteiger partial charge in [-0.05, 0) is 30.7 Å². The summed E-state index contributed by atoms with van der Waals surface area (Å²) in [5.74, 6) is -2.16. The van der Waals surface area contributed by atoms with Crippen LogP contribution in [-0.2, 0) is 9.68 Å². The molecule has 1 aliphatic heterocycles. The summed E-state index contributed by atoms with van der Waals surface area (Å²) >= 11 is 0. The molecule has 0 amide bonds. The van der Waals surface area contributed by atoms with Crippen LogP contribution in [0.2, 0.25) is 0 Å². The monoisotopic (exact) mass is 368 g/mol. The Bertz CT molecular complexity index is 874. The minimum Gasteiger partial charge on any atom is -0.475 e. The van der Waals surface area contributed by atoms with Gasteiger partial charge in [-0.15, -0.1) is 0 Å². The summed E-state index contributed by atoms with van der Waals surface area (Å²) in [4.78, 5) is 21.4. The number of aryl methyl sites for hydroxylation is 1. The molecule has 0 fully saturated rings. The molecule has 0 bridgehead atoms. The zero-order valence-corrected chi connectivity index (χ0v) is 13.3. The van der Waals surface area contributed by atoms with Gasteiger partial charge in [0.1, 0.15) is 11.6 Å². The van der Waals surface area contributed by atoms with Crippen molar-refractivity contribution in [1.29, 1.82) is 0 Å². The smallest absolute Gasteiger partial charge is 0.430 e. The van der Waals surface area contributed by atoms with Gasteiger partial charge >= 0.3 is 12.1 Å². The molecule has 0 radical (unpaired) electrons. The second-order valence-electron chi connectivity index (χ2n) is 5.54. The highest BCUT2D eigenvalue weighted by molar-refractivity contribution is 5.96. The highest BCUT2D eigenvalue weighted by Gasteiger charge is 2.49. The van der Waals surface area contributed by atoms with Gasteiger partial charge in [0.15, 0.2) is 5.75 Å². The summed E-state index contributed by atoms with van der Waals surface area (Å²) in [5, 5.41) is 0. The minimum atomic E-state index is -4.84. The molecular weight excluding hydrogens is 356 g/mol. The predicted octanol–water partition coefficient (Wildman–Crippen LogP) is 4.38. The fraction of sp³-hybridized carbons (Fsp3) is 0.167. The van der Waals surface area contributed by atoms with Crippen LogP contribution < -0.4 is 9.62 Å². The van der Waals surface area contributed by atoms with Crippen LogP contribution in [0.15, 0.2) is 48.0 Å². The second kappa shape index (κ2) is 6.70. The van der Waals surface area contributed by atoms with Gasteiger partial charge in [0.05, 0.1) is 5.57 Å². The number of ether oxygens (including phenoxy) is 1. The second-order valence-corrected chi connectivity index (χ2v) is 5.54. The molecular formula is C18H12F4O4. The van der Waals surface area contributed by atoms with Crippen LogP contribution in [0.4, 0.5) is 17.6 Å². The summed E-state index contributed by atoms with van der Waals surface area (Å²) in [6.45, 7) is 1.56. The molecule has 8 heteroatoms. The molecule has 0 saturated carbocycles. The van der Waals surface area contributed by atoms with Crippen LogP contribution in [0.25, 0.3) is 6.08 Å². The lowest BCUT2D eigenvalue weighted by atomic mass is 10.0. The Kier molecular flexibility index (Phi) is 4.58. The summed E-state index contributed by atoms with van der Waals surface area (Å²) < 4.78 is 57.9. The molecule has 2 aromatic rings. The lowest BCUT2D eigenvalue weighted by Crippen LogP contribution is -2.41. The molecule has 0 aromatic heterocycles. The molecule has 4 nitrogen and oxygen atoms in total. The number of para-hydroxylation sites is 1. The van der Waals surface area contributed by atoms with E-state index in [4.69, 9.17) is 9.62 Å². The predicted molar refractivity (Wildman–Crippen MR) is 82.7 cm³/mol. The van der Waals surface area contributed by atoms with E-state index in [1.54, 1.807) is 13.0 Å². The molecule has 0 saturated heterocycles. The number of rotatable bonds is 3. The molecule has 1 unspecified atom stereocenters. The third-order valence-corrected chi connectivity index (χ3v) is 3.65. The van der Waals surface area contributed by atoms with E-state index in [-0.39, 0.29) is 11.5 Å². The summed E-state index contributed by atoms with van der Waals surface area (Å²) in [6.07, 6.45) is -6.31. The first-order chi connectivity index (χ1) is 12.3. The van der Waals surface area contributed by atoms with Crippen molar-refractivity contribution in [3.63, 3.8) is 0 Å². The van der Waals surface area contributed by atoms with E-state index in [9.17, 15) is 22.4 Å². The average Bonchev–Trinajstić information content (AvgIpc) is 2.60. The number of fused-ring (bicyclic) bond motifs is 1. The minimum absolute atomic E-state index is 0.00623. The number of halogens is 4. The molecule has 136 valence electrons. The topological polar surface area (TPSA) is 44.8 Å². The van der Waals surface area contributed by atoms with Crippen molar-refractivity contribution < 1.29 is 36.9 Å². The van der Waals surface area contributed by atoms with Gasteiger partial charge in [0, 0.05) is 11.6 Å². The van der Waals surface area contributed by atoms with Crippen LogP contribution in [0.3, 0.4) is 0 Å². The quantitative estimate of drug-likeness (QED) is 0.458. The van der Waals surface area contributed by atoms with Gasteiger partial charge in [-0.25, -0.2) is 14.1 Å². The fourth-order valence-corrected chi connectivity index (χ4v) is 2.34. The molecule has 1 aliphatic rings. The van der Waals surface area contributed by atoms with Crippen LogP contribution in [0.5, 0.6) is 11.5 Å². The molecule has 1 atom stereocenters. The van der Waals surface area contributed by atoms with E-state index in [0.29, 0.717) is 11.1 Å².